The average Bonchev–Trinajstić information content (AvgIpc) is 2.76. The molecule has 1 amide bonds. The number of fused-ring (bicyclic) bond motifs is 1. The molecule has 2 aromatic heterocycles. The normalized spacial score (nSPS) is 21.3. The van der Waals surface area contributed by atoms with Gasteiger partial charge in [0.05, 0.1) is 17.1 Å². The largest absolute Gasteiger partial charge is 0.478 e. The molecule has 3 aromatic rings. The number of para-hydroxylation sites is 1. The number of hydrogen-bond donors (Lipinski definition) is 2. The zero-order chi connectivity index (χ0) is 21.0. The van der Waals surface area contributed by atoms with E-state index >= 15 is 0 Å². The van der Waals surface area contributed by atoms with Crippen LogP contribution in [0.5, 0.6) is 5.75 Å². The molecule has 156 valence electrons. The molecule has 4 rings (SSSR count). The fraction of sp³-hybridized carbons (Fsp3) is 0.391. The van der Waals surface area contributed by atoms with E-state index in [-0.39, 0.29) is 17.5 Å². The van der Waals surface area contributed by atoms with Gasteiger partial charge in [-0.1, -0.05) is 19.1 Å². The number of pyridine rings is 1. The van der Waals surface area contributed by atoms with E-state index in [0.717, 1.165) is 19.3 Å². The summed E-state index contributed by atoms with van der Waals surface area (Å²) in [5.41, 5.74) is -0.315. The Bertz CT molecular complexity index is 1070. The van der Waals surface area contributed by atoms with Crippen LogP contribution >= 0.6 is 0 Å². The summed E-state index contributed by atoms with van der Waals surface area (Å²) in [5.74, 6) is 1.23. The molecule has 0 aliphatic heterocycles. The second kappa shape index (κ2) is 8.65. The van der Waals surface area contributed by atoms with E-state index in [1.807, 2.05) is 37.3 Å². The topological polar surface area (TPSA) is 97.0 Å². The van der Waals surface area contributed by atoms with Crippen molar-refractivity contribution >= 4 is 16.8 Å². The lowest BCUT2D eigenvalue weighted by molar-refractivity contribution is -0.122. The number of nitrogens with one attached hydrogen (secondary N) is 2. The van der Waals surface area contributed by atoms with E-state index in [2.05, 4.69) is 15.3 Å². The SMILES string of the molecule is CCCC(=O)NC1CCC(Oc2cccnc2)(c2nc3ccccc3c(=O)[nH]2)CC1. The minimum absolute atomic E-state index is 0.0837. The van der Waals surface area contributed by atoms with Crippen LogP contribution in [-0.2, 0) is 10.4 Å². The van der Waals surface area contributed by atoms with Gasteiger partial charge in [-0.25, -0.2) is 4.98 Å². The molecule has 0 saturated heterocycles. The summed E-state index contributed by atoms with van der Waals surface area (Å²) in [6.07, 6.45) is 7.45. The third-order valence-corrected chi connectivity index (χ3v) is 5.63. The van der Waals surface area contributed by atoms with Crippen LogP contribution in [0, 0.1) is 0 Å². The van der Waals surface area contributed by atoms with Crippen molar-refractivity contribution in [2.24, 2.45) is 0 Å². The standard InChI is InChI=1S/C23H26N4O3/c1-2-6-20(28)25-16-10-12-23(13-11-16,30-17-7-5-14-24-15-17)22-26-19-9-4-3-8-18(19)21(29)27-22/h3-5,7-9,14-16H,2,6,10-13H2,1H3,(H,25,28)(H,26,27,29). The van der Waals surface area contributed by atoms with E-state index in [4.69, 9.17) is 9.72 Å². The number of H-pyrrole nitrogens is 1. The van der Waals surface area contributed by atoms with Crippen molar-refractivity contribution in [3.63, 3.8) is 0 Å². The van der Waals surface area contributed by atoms with Gasteiger partial charge in [0.25, 0.3) is 5.56 Å². The van der Waals surface area contributed by atoms with Crippen LogP contribution in [0.25, 0.3) is 10.9 Å². The van der Waals surface area contributed by atoms with Crippen molar-refractivity contribution in [2.75, 3.05) is 0 Å². The number of aromatic nitrogens is 3. The zero-order valence-electron chi connectivity index (χ0n) is 17.1. The number of carbonyl (C=O) groups excluding carboxylic acids is 1. The van der Waals surface area contributed by atoms with Gasteiger partial charge < -0.3 is 15.0 Å². The Morgan fingerprint density at radius 3 is 2.77 bits per heavy atom. The highest BCUT2D eigenvalue weighted by Crippen LogP contribution is 2.39. The van der Waals surface area contributed by atoms with Gasteiger partial charge in [-0.15, -0.1) is 0 Å². The number of amides is 1. The summed E-state index contributed by atoms with van der Waals surface area (Å²) in [7, 11) is 0. The number of nitrogens with zero attached hydrogens (tertiary/aromatic N) is 2. The molecule has 0 atom stereocenters. The zero-order valence-corrected chi connectivity index (χ0v) is 17.1. The molecule has 7 heteroatoms. The van der Waals surface area contributed by atoms with E-state index in [1.165, 1.54) is 0 Å². The molecule has 1 fully saturated rings. The highest BCUT2D eigenvalue weighted by Gasteiger charge is 2.42. The molecule has 0 radical (unpaired) electrons. The second-order valence-electron chi connectivity index (χ2n) is 7.81. The third kappa shape index (κ3) is 4.20. The molecular formula is C23H26N4O3. The Balaban J connectivity index is 1.66. The van der Waals surface area contributed by atoms with Crippen LogP contribution in [0.3, 0.4) is 0 Å². The highest BCUT2D eigenvalue weighted by atomic mass is 16.5. The lowest BCUT2D eigenvalue weighted by atomic mass is 9.81. The minimum atomic E-state index is -0.780. The fourth-order valence-electron chi connectivity index (χ4n) is 4.08. The van der Waals surface area contributed by atoms with Gasteiger partial charge in [-0.3, -0.25) is 14.6 Å². The van der Waals surface area contributed by atoms with Crippen LogP contribution in [0.15, 0.2) is 53.6 Å². The van der Waals surface area contributed by atoms with Crippen LogP contribution in [0.2, 0.25) is 0 Å². The monoisotopic (exact) mass is 406 g/mol. The first-order valence-corrected chi connectivity index (χ1v) is 10.5. The fourth-order valence-corrected chi connectivity index (χ4v) is 4.08. The quantitative estimate of drug-likeness (QED) is 0.653. The smallest absolute Gasteiger partial charge is 0.258 e. The molecule has 1 saturated carbocycles. The summed E-state index contributed by atoms with van der Waals surface area (Å²) in [6.45, 7) is 1.99. The van der Waals surface area contributed by atoms with Gasteiger partial charge in [0, 0.05) is 18.7 Å². The Morgan fingerprint density at radius 1 is 1.23 bits per heavy atom. The number of benzene rings is 1. The maximum absolute atomic E-state index is 12.7. The minimum Gasteiger partial charge on any atom is -0.478 e. The summed E-state index contributed by atoms with van der Waals surface area (Å²) in [4.78, 5) is 36.6. The molecule has 0 unspecified atom stereocenters. The molecule has 0 spiro atoms. The molecule has 1 aliphatic carbocycles. The molecular weight excluding hydrogens is 380 g/mol. The Labute approximate surface area is 174 Å². The molecule has 7 nitrogen and oxygen atoms in total. The van der Waals surface area contributed by atoms with Crippen molar-refractivity contribution in [2.45, 2.75) is 57.1 Å². The van der Waals surface area contributed by atoms with Gasteiger partial charge >= 0.3 is 0 Å². The first kappa shape index (κ1) is 20.1. The maximum atomic E-state index is 12.7. The highest BCUT2D eigenvalue weighted by molar-refractivity contribution is 5.77. The molecule has 0 bridgehead atoms. The summed E-state index contributed by atoms with van der Waals surface area (Å²) in [6, 6.07) is 11.1. The number of carbonyl (C=O) groups is 1. The first-order valence-electron chi connectivity index (χ1n) is 10.5. The van der Waals surface area contributed by atoms with E-state index in [0.29, 0.717) is 41.7 Å². The third-order valence-electron chi connectivity index (χ3n) is 5.63. The molecule has 1 aliphatic rings. The Hall–Kier alpha value is -3.22. The molecule has 1 aromatic carbocycles. The molecule has 2 N–H and O–H groups in total. The number of rotatable bonds is 6. The number of hydrogen-bond acceptors (Lipinski definition) is 5. The maximum Gasteiger partial charge on any atom is 0.258 e. The van der Waals surface area contributed by atoms with Gasteiger partial charge in [0.1, 0.15) is 5.75 Å². The van der Waals surface area contributed by atoms with Crippen LogP contribution in [0.4, 0.5) is 0 Å². The van der Waals surface area contributed by atoms with E-state index < -0.39 is 5.60 Å². The van der Waals surface area contributed by atoms with Crippen molar-refractivity contribution in [3.05, 3.63) is 65.0 Å². The van der Waals surface area contributed by atoms with Gasteiger partial charge in [0.2, 0.25) is 5.91 Å². The second-order valence-corrected chi connectivity index (χ2v) is 7.81. The van der Waals surface area contributed by atoms with Crippen LogP contribution in [-0.4, -0.2) is 26.9 Å². The predicted molar refractivity (Wildman–Crippen MR) is 114 cm³/mol. The first-order chi connectivity index (χ1) is 14.6. The van der Waals surface area contributed by atoms with Crippen LogP contribution < -0.4 is 15.6 Å². The molecule has 30 heavy (non-hydrogen) atoms. The number of aromatic amines is 1. The van der Waals surface area contributed by atoms with E-state index in [9.17, 15) is 9.59 Å². The average molecular weight is 406 g/mol. The number of ether oxygens (including phenoxy) is 1. The Morgan fingerprint density at radius 2 is 2.03 bits per heavy atom. The van der Waals surface area contributed by atoms with Gasteiger partial charge in [0.15, 0.2) is 11.4 Å². The lowest BCUT2D eigenvalue weighted by Crippen LogP contribution is -2.46. The lowest BCUT2D eigenvalue weighted by Gasteiger charge is -2.39. The van der Waals surface area contributed by atoms with Crippen molar-refractivity contribution in [1.82, 2.24) is 20.3 Å². The summed E-state index contributed by atoms with van der Waals surface area (Å²) in [5, 5.41) is 3.67. The van der Waals surface area contributed by atoms with Gasteiger partial charge in [-0.2, -0.15) is 0 Å². The van der Waals surface area contributed by atoms with Crippen molar-refractivity contribution < 1.29 is 9.53 Å². The van der Waals surface area contributed by atoms with E-state index in [1.54, 1.807) is 18.5 Å². The van der Waals surface area contributed by atoms with Crippen molar-refractivity contribution in [1.29, 1.82) is 0 Å². The predicted octanol–water partition coefficient (Wildman–Crippen LogP) is 3.45. The summed E-state index contributed by atoms with van der Waals surface area (Å²) >= 11 is 0. The Kier molecular flexibility index (Phi) is 5.79. The molecule has 2 heterocycles. The summed E-state index contributed by atoms with van der Waals surface area (Å²) < 4.78 is 6.43. The van der Waals surface area contributed by atoms with Crippen LogP contribution in [0.1, 0.15) is 51.3 Å². The van der Waals surface area contributed by atoms with Gasteiger partial charge in [-0.05, 0) is 56.4 Å². The van der Waals surface area contributed by atoms with Crippen molar-refractivity contribution in [3.8, 4) is 5.75 Å².